The van der Waals surface area contributed by atoms with E-state index in [9.17, 15) is 8.42 Å². The lowest BCUT2D eigenvalue weighted by Gasteiger charge is -2.09. The van der Waals surface area contributed by atoms with E-state index in [1.807, 2.05) is 0 Å². The number of anilines is 1. The minimum Gasteiger partial charge on any atom is -0.326 e. The highest BCUT2D eigenvalue weighted by molar-refractivity contribution is 9.10. The number of rotatable bonds is 4. The Hall–Kier alpha value is -0.600. The van der Waals surface area contributed by atoms with E-state index in [2.05, 4.69) is 20.7 Å². The largest absolute Gasteiger partial charge is 0.326 e. The molecule has 1 heterocycles. The number of aryl methyl sites for hydroxylation is 1. The molecule has 3 N–H and O–H groups in total. The standard InChI is InChI=1S/C12H12BrClN2O2S2/c1-7-12(5-9(6-15)19-7)20(17,18)16-11-4-8(13)2-3-10(11)14/h2-5,16H,6,15H2,1H3. The van der Waals surface area contributed by atoms with Gasteiger partial charge in [-0.05, 0) is 31.2 Å². The molecule has 0 aliphatic carbocycles. The fraction of sp³-hybridized carbons (Fsp3) is 0.167. The number of halogens is 2. The molecular weight excluding hydrogens is 384 g/mol. The van der Waals surface area contributed by atoms with Crippen LogP contribution < -0.4 is 10.5 Å². The van der Waals surface area contributed by atoms with Gasteiger partial charge in [0.05, 0.1) is 10.7 Å². The van der Waals surface area contributed by atoms with E-state index in [-0.39, 0.29) is 4.90 Å². The molecule has 1 aromatic carbocycles. The molecule has 2 aromatic rings. The third-order valence-corrected chi connectivity index (χ3v) is 6.10. The predicted molar refractivity (Wildman–Crippen MR) is 86.9 cm³/mol. The van der Waals surface area contributed by atoms with Crippen molar-refractivity contribution in [1.82, 2.24) is 0 Å². The van der Waals surface area contributed by atoms with Crippen LogP contribution in [0.25, 0.3) is 0 Å². The lowest BCUT2D eigenvalue weighted by molar-refractivity contribution is 0.601. The average molecular weight is 396 g/mol. The quantitative estimate of drug-likeness (QED) is 0.828. The zero-order chi connectivity index (χ0) is 14.9. The van der Waals surface area contributed by atoms with Crippen LogP contribution in [0.4, 0.5) is 5.69 Å². The number of nitrogens with one attached hydrogen (secondary N) is 1. The molecule has 0 spiro atoms. The van der Waals surface area contributed by atoms with Crippen LogP contribution in [0.1, 0.15) is 9.75 Å². The zero-order valence-electron chi connectivity index (χ0n) is 10.5. The summed E-state index contributed by atoms with van der Waals surface area (Å²) in [5, 5.41) is 0.337. The van der Waals surface area contributed by atoms with Crippen molar-refractivity contribution >= 4 is 54.6 Å². The van der Waals surface area contributed by atoms with Crippen molar-refractivity contribution in [3.63, 3.8) is 0 Å². The summed E-state index contributed by atoms with van der Waals surface area (Å²) in [5.41, 5.74) is 5.87. The van der Waals surface area contributed by atoms with Gasteiger partial charge in [0, 0.05) is 20.8 Å². The van der Waals surface area contributed by atoms with Crippen LogP contribution in [0.3, 0.4) is 0 Å². The van der Waals surface area contributed by atoms with Crippen LogP contribution in [0.15, 0.2) is 33.6 Å². The van der Waals surface area contributed by atoms with Crippen LogP contribution >= 0.6 is 38.9 Å². The minimum absolute atomic E-state index is 0.235. The second-order valence-corrected chi connectivity index (χ2v) is 8.38. The summed E-state index contributed by atoms with van der Waals surface area (Å²) >= 11 is 10.7. The third-order valence-electron chi connectivity index (χ3n) is 2.59. The zero-order valence-corrected chi connectivity index (χ0v) is 14.5. The summed E-state index contributed by atoms with van der Waals surface area (Å²) in [4.78, 5) is 1.76. The van der Waals surface area contributed by atoms with Crippen LogP contribution in [-0.2, 0) is 16.6 Å². The maximum atomic E-state index is 12.4. The van der Waals surface area contributed by atoms with Crippen molar-refractivity contribution in [1.29, 1.82) is 0 Å². The second-order valence-electron chi connectivity index (χ2n) is 4.07. The summed E-state index contributed by atoms with van der Waals surface area (Å²) in [6, 6.07) is 6.57. The van der Waals surface area contributed by atoms with Gasteiger partial charge in [-0.15, -0.1) is 11.3 Å². The summed E-state index contributed by atoms with van der Waals surface area (Å²) in [6.07, 6.45) is 0. The van der Waals surface area contributed by atoms with Crippen LogP contribution in [0, 0.1) is 6.92 Å². The van der Waals surface area contributed by atoms with E-state index < -0.39 is 10.0 Å². The number of benzene rings is 1. The molecule has 0 atom stereocenters. The predicted octanol–water partition coefficient (Wildman–Crippen LogP) is 3.73. The van der Waals surface area contributed by atoms with Gasteiger partial charge in [-0.2, -0.15) is 0 Å². The fourth-order valence-electron chi connectivity index (χ4n) is 1.67. The molecule has 0 unspecified atom stereocenters. The van der Waals surface area contributed by atoms with Crippen molar-refractivity contribution in [3.8, 4) is 0 Å². The molecule has 4 nitrogen and oxygen atoms in total. The molecule has 0 saturated heterocycles. The Labute approximate surface area is 135 Å². The molecule has 20 heavy (non-hydrogen) atoms. The first kappa shape index (κ1) is 15.8. The van der Waals surface area contributed by atoms with E-state index in [1.54, 1.807) is 31.2 Å². The molecule has 0 aliphatic rings. The monoisotopic (exact) mass is 394 g/mol. The lowest BCUT2D eigenvalue weighted by atomic mass is 10.3. The Balaban J connectivity index is 2.40. The highest BCUT2D eigenvalue weighted by Gasteiger charge is 2.20. The number of thiophene rings is 1. The molecule has 0 aliphatic heterocycles. The van der Waals surface area contributed by atoms with Gasteiger partial charge < -0.3 is 5.73 Å². The Morgan fingerprint density at radius 1 is 1.40 bits per heavy atom. The van der Waals surface area contributed by atoms with Crippen LogP contribution in [0.5, 0.6) is 0 Å². The summed E-state index contributed by atoms with van der Waals surface area (Å²) in [7, 11) is -3.67. The molecule has 0 fully saturated rings. The molecule has 0 amide bonds. The summed E-state index contributed by atoms with van der Waals surface area (Å²) < 4.78 is 28.0. The van der Waals surface area contributed by atoms with Gasteiger partial charge in [-0.3, -0.25) is 4.72 Å². The van der Waals surface area contributed by atoms with Crippen molar-refractivity contribution in [2.24, 2.45) is 5.73 Å². The van der Waals surface area contributed by atoms with Crippen molar-refractivity contribution in [3.05, 3.63) is 43.5 Å². The molecule has 108 valence electrons. The Morgan fingerprint density at radius 2 is 2.10 bits per heavy atom. The molecular formula is C12H12BrClN2O2S2. The van der Waals surface area contributed by atoms with Gasteiger partial charge in [-0.1, -0.05) is 27.5 Å². The Bertz CT molecular complexity index is 744. The van der Waals surface area contributed by atoms with E-state index in [1.165, 1.54) is 11.3 Å². The molecule has 0 bridgehead atoms. The van der Waals surface area contributed by atoms with Gasteiger partial charge in [0.15, 0.2) is 0 Å². The molecule has 2 rings (SSSR count). The van der Waals surface area contributed by atoms with E-state index in [4.69, 9.17) is 17.3 Å². The van der Waals surface area contributed by atoms with E-state index >= 15 is 0 Å². The Kier molecular flexibility index (Phi) is 4.76. The first-order valence-corrected chi connectivity index (χ1v) is 9.08. The normalized spacial score (nSPS) is 11.6. The molecule has 0 radical (unpaired) electrons. The number of hydrogen-bond donors (Lipinski definition) is 2. The SMILES string of the molecule is Cc1sc(CN)cc1S(=O)(=O)Nc1cc(Br)ccc1Cl. The van der Waals surface area contributed by atoms with Gasteiger partial charge in [-0.25, -0.2) is 8.42 Å². The number of hydrogen-bond acceptors (Lipinski definition) is 4. The summed E-state index contributed by atoms with van der Waals surface area (Å²) in [6.45, 7) is 2.07. The van der Waals surface area contributed by atoms with Gasteiger partial charge >= 0.3 is 0 Å². The first-order valence-electron chi connectivity index (χ1n) is 5.60. The second kappa shape index (κ2) is 6.03. The highest BCUT2D eigenvalue weighted by atomic mass is 79.9. The van der Waals surface area contributed by atoms with E-state index in [0.29, 0.717) is 22.1 Å². The van der Waals surface area contributed by atoms with Crippen molar-refractivity contribution in [2.45, 2.75) is 18.4 Å². The molecule has 8 heteroatoms. The molecule has 0 saturated carbocycles. The topological polar surface area (TPSA) is 72.2 Å². The number of sulfonamides is 1. The maximum absolute atomic E-state index is 12.4. The van der Waals surface area contributed by atoms with Crippen molar-refractivity contribution < 1.29 is 8.42 Å². The van der Waals surface area contributed by atoms with Crippen molar-refractivity contribution in [2.75, 3.05) is 4.72 Å². The first-order chi connectivity index (χ1) is 9.33. The van der Waals surface area contributed by atoms with Gasteiger partial charge in [0.1, 0.15) is 4.90 Å². The lowest BCUT2D eigenvalue weighted by Crippen LogP contribution is -2.13. The smallest absolute Gasteiger partial charge is 0.263 e. The minimum atomic E-state index is -3.67. The fourth-order valence-corrected chi connectivity index (χ4v) is 4.83. The average Bonchev–Trinajstić information content (AvgIpc) is 2.76. The summed E-state index contributed by atoms with van der Waals surface area (Å²) in [5.74, 6) is 0. The number of nitrogens with two attached hydrogens (primary N) is 1. The van der Waals surface area contributed by atoms with Gasteiger partial charge in [0.2, 0.25) is 0 Å². The van der Waals surface area contributed by atoms with Gasteiger partial charge in [0.25, 0.3) is 10.0 Å². The third kappa shape index (κ3) is 3.35. The Morgan fingerprint density at radius 3 is 2.70 bits per heavy atom. The van der Waals surface area contributed by atoms with Crippen LogP contribution in [0.2, 0.25) is 5.02 Å². The van der Waals surface area contributed by atoms with Crippen LogP contribution in [-0.4, -0.2) is 8.42 Å². The highest BCUT2D eigenvalue weighted by Crippen LogP contribution is 2.31. The van der Waals surface area contributed by atoms with E-state index in [0.717, 1.165) is 9.35 Å². The molecule has 1 aromatic heterocycles. The maximum Gasteiger partial charge on any atom is 0.263 e.